The average Bonchev–Trinajstić information content (AvgIpc) is 2.37. The van der Waals surface area contributed by atoms with E-state index in [0.717, 1.165) is 0 Å². The van der Waals surface area contributed by atoms with Crippen LogP contribution in [0.25, 0.3) is 6.08 Å². The zero-order valence-corrected chi connectivity index (χ0v) is 9.44. The third-order valence-electron chi connectivity index (χ3n) is 2.40. The fourth-order valence-electron chi connectivity index (χ4n) is 1.49. The first-order valence-corrected chi connectivity index (χ1v) is 5.39. The van der Waals surface area contributed by atoms with Crippen LogP contribution < -0.4 is 0 Å². The van der Waals surface area contributed by atoms with Gasteiger partial charge in [-0.15, -0.1) is 0 Å². The van der Waals surface area contributed by atoms with E-state index < -0.39 is 0 Å². The second-order valence-electron chi connectivity index (χ2n) is 3.76. The summed E-state index contributed by atoms with van der Waals surface area (Å²) in [7, 11) is 0. The minimum absolute atomic E-state index is 0.251. The van der Waals surface area contributed by atoms with Gasteiger partial charge in [0, 0.05) is 5.56 Å². The van der Waals surface area contributed by atoms with Crippen molar-refractivity contribution in [1.82, 2.24) is 0 Å². The van der Waals surface area contributed by atoms with Crippen LogP contribution in [0.15, 0.2) is 54.6 Å². The predicted molar refractivity (Wildman–Crippen MR) is 66.2 cm³/mol. The summed E-state index contributed by atoms with van der Waals surface area (Å²) in [6.07, 6.45) is 2.86. The summed E-state index contributed by atoms with van der Waals surface area (Å²) in [6.45, 7) is 0. The molecule has 0 aliphatic rings. The molecule has 2 rings (SSSR count). The van der Waals surface area contributed by atoms with Crippen molar-refractivity contribution < 1.29 is 13.6 Å². The summed E-state index contributed by atoms with van der Waals surface area (Å²) < 4.78 is 25.6. The van der Waals surface area contributed by atoms with Gasteiger partial charge in [0.15, 0.2) is 5.78 Å². The molecule has 0 heterocycles. The van der Waals surface area contributed by atoms with Gasteiger partial charge in [-0.05, 0) is 48.0 Å². The summed E-state index contributed by atoms with van der Waals surface area (Å²) in [5.41, 5.74) is 0.995. The summed E-state index contributed by atoms with van der Waals surface area (Å²) in [4.78, 5) is 11.7. The fraction of sp³-hybridized carbons (Fsp3) is 0. The van der Waals surface area contributed by atoms with Crippen molar-refractivity contribution >= 4 is 11.9 Å². The molecule has 0 aliphatic heterocycles. The highest BCUT2D eigenvalue weighted by atomic mass is 19.1. The molecule has 1 nitrogen and oxygen atoms in total. The predicted octanol–water partition coefficient (Wildman–Crippen LogP) is 3.86. The van der Waals surface area contributed by atoms with Crippen LogP contribution in [0.5, 0.6) is 0 Å². The summed E-state index contributed by atoms with van der Waals surface area (Å²) in [5, 5.41) is 0. The van der Waals surface area contributed by atoms with Crippen LogP contribution in [0.2, 0.25) is 0 Å². The maximum Gasteiger partial charge on any atom is 0.185 e. The molecule has 0 bridgehead atoms. The Hall–Kier alpha value is -2.29. The SMILES string of the molecule is O=C(/C=C/c1cccc(F)c1)c1ccc(F)cc1. The van der Waals surface area contributed by atoms with Gasteiger partial charge in [-0.25, -0.2) is 8.78 Å². The number of allylic oxidation sites excluding steroid dienone is 1. The van der Waals surface area contributed by atoms with Crippen LogP contribution in [0.3, 0.4) is 0 Å². The average molecular weight is 244 g/mol. The lowest BCUT2D eigenvalue weighted by molar-refractivity contribution is 0.104. The Morgan fingerprint density at radius 3 is 2.33 bits per heavy atom. The smallest absolute Gasteiger partial charge is 0.185 e. The number of carbonyl (C=O) groups excluding carboxylic acids is 1. The molecule has 0 saturated carbocycles. The highest BCUT2D eigenvalue weighted by Crippen LogP contribution is 2.08. The van der Waals surface area contributed by atoms with Crippen LogP contribution in [-0.2, 0) is 0 Å². The highest BCUT2D eigenvalue weighted by molar-refractivity contribution is 6.06. The molecular weight excluding hydrogens is 234 g/mol. The van der Waals surface area contributed by atoms with E-state index in [1.807, 2.05) is 0 Å². The lowest BCUT2D eigenvalue weighted by Crippen LogP contribution is -1.93. The van der Waals surface area contributed by atoms with Gasteiger partial charge in [0.2, 0.25) is 0 Å². The monoisotopic (exact) mass is 244 g/mol. The van der Waals surface area contributed by atoms with E-state index in [4.69, 9.17) is 0 Å². The van der Waals surface area contributed by atoms with Gasteiger partial charge >= 0.3 is 0 Å². The van der Waals surface area contributed by atoms with Crippen molar-refractivity contribution in [2.24, 2.45) is 0 Å². The third kappa shape index (κ3) is 3.10. The van der Waals surface area contributed by atoms with Gasteiger partial charge < -0.3 is 0 Å². The van der Waals surface area contributed by atoms with E-state index in [2.05, 4.69) is 0 Å². The van der Waals surface area contributed by atoms with E-state index in [0.29, 0.717) is 11.1 Å². The van der Waals surface area contributed by atoms with Crippen molar-refractivity contribution in [3.05, 3.63) is 77.4 Å². The second kappa shape index (κ2) is 5.36. The van der Waals surface area contributed by atoms with Crippen molar-refractivity contribution in [3.63, 3.8) is 0 Å². The zero-order chi connectivity index (χ0) is 13.0. The Balaban J connectivity index is 2.14. The number of rotatable bonds is 3. The van der Waals surface area contributed by atoms with E-state index in [9.17, 15) is 13.6 Å². The molecule has 3 heteroatoms. The summed E-state index contributed by atoms with van der Waals surface area (Å²) in [5.74, 6) is -0.994. The molecule has 0 atom stereocenters. The van der Waals surface area contributed by atoms with Crippen LogP contribution in [0.1, 0.15) is 15.9 Å². The lowest BCUT2D eigenvalue weighted by Gasteiger charge is -1.96. The molecule has 2 aromatic rings. The van der Waals surface area contributed by atoms with Gasteiger partial charge in [0.05, 0.1) is 0 Å². The van der Waals surface area contributed by atoms with E-state index in [1.165, 1.54) is 48.6 Å². The van der Waals surface area contributed by atoms with Crippen LogP contribution >= 0.6 is 0 Å². The fourth-order valence-corrected chi connectivity index (χ4v) is 1.49. The Morgan fingerprint density at radius 1 is 0.944 bits per heavy atom. The Bertz CT molecular complexity index is 586. The highest BCUT2D eigenvalue weighted by Gasteiger charge is 2.01. The molecule has 0 aromatic heterocycles. The topological polar surface area (TPSA) is 17.1 Å². The van der Waals surface area contributed by atoms with Gasteiger partial charge in [0.1, 0.15) is 11.6 Å². The molecule has 0 radical (unpaired) electrons. The van der Waals surface area contributed by atoms with E-state index in [-0.39, 0.29) is 17.4 Å². The van der Waals surface area contributed by atoms with Gasteiger partial charge in [0.25, 0.3) is 0 Å². The largest absolute Gasteiger partial charge is 0.289 e. The normalized spacial score (nSPS) is 10.8. The molecule has 0 fully saturated rings. The quantitative estimate of drug-likeness (QED) is 0.592. The molecule has 0 amide bonds. The number of halogens is 2. The van der Waals surface area contributed by atoms with Crippen molar-refractivity contribution in [2.45, 2.75) is 0 Å². The van der Waals surface area contributed by atoms with Gasteiger partial charge in [-0.1, -0.05) is 18.2 Å². The van der Waals surface area contributed by atoms with Crippen LogP contribution in [-0.4, -0.2) is 5.78 Å². The Labute approximate surface area is 103 Å². The Kier molecular flexibility index (Phi) is 3.63. The first kappa shape index (κ1) is 12.2. The maximum atomic E-state index is 12.9. The number of hydrogen-bond donors (Lipinski definition) is 0. The molecule has 90 valence electrons. The van der Waals surface area contributed by atoms with Crippen molar-refractivity contribution in [1.29, 1.82) is 0 Å². The molecule has 2 aromatic carbocycles. The number of carbonyl (C=O) groups is 1. The van der Waals surface area contributed by atoms with Crippen LogP contribution in [0.4, 0.5) is 8.78 Å². The zero-order valence-electron chi connectivity index (χ0n) is 9.44. The van der Waals surface area contributed by atoms with Crippen molar-refractivity contribution in [3.8, 4) is 0 Å². The molecule has 0 spiro atoms. The lowest BCUT2D eigenvalue weighted by atomic mass is 10.1. The minimum Gasteiger partial charge on any atom is -0.289 e. The molecule has 0 unspecified atom stereocenters. The maximum absolute atomic E-state index is 12.9. The van der Waals surface area contributed by atoms with Gasteiger partial charge in [-0.3, -0.25) is 4.79 Å². The Morgan fingerprint density at radius 2 is 1.67 bits per heavy atom. The molecule has 0 saturated heterocycles. The van der Waals surface area contributed by atoms with E-state index in [1.54, 1.807) is 12.1 Å². The minimum atomic E-state index is -0.388. The van der Waals surface area contributed by atoms with Crippen LogP contribution in [0, 0.1) is 11.6 Å². The first-order valence-electron chi connectivity index (χ1n) is 5.39. The standard InChI is InChI=1S/C15H10F2O/c16-13-7-5-12(6-8-13)15(18)9-4-11-2-1-3-14(17)10-11/h1-10H/b9-4+. The molecule has 18 heavy (non-hydrogen) atoms. The molecule has 0 aliphatic carbocycles. The van der Waals surface area contributed by atoms with E-state index >= 15 is 0 Å². The summed E-state index contributed by atoms with van der Waals surface area (Å²) in [6, 6.07) is 11.2. The summed E-state index contributed by atoms with van der Waals surface area (Å²) >= 11 is 0. The van der Waals surface area contributed by atoms with Crippen molar-refractivity contribution in [2.75, 3.05) is 0 Å². The third-order valence-corrected chi connectivity index (χ3v) is 2.40. The molecular formula is C15H10F2O. The second-order valence-corrected chi connectivity index (χ2v) is 3.76. The first-order chi connectivity index (χ1) is 8.65. The number of benzene rings is 2. The number of ketones is 1. The molecule has 0 N–H and O–H groups in total. The van der Waals surface area contributed by atoms with Gasteiger partial charge in [-0.2, -0.15) is 0 Å². The number of hydrogen-bond acceptors (Lipinski definition) is 1.